The van der Waals surface area contributed by atoms with Crippen molar-refractivity contribution < 1.29 is 19.4 Å². The highest BCUT2D eigenvalue weighted by Gasteiger charge is 2.17. The van der Waals surface area contributed by atoms with Gasteiger partial charge in [-0.3, -0.25) is 10.2 Å². The van der Waals surface area contributed by atoms with Gasteiger partial charge in [-0.05, 0) is 36.2 Å². The fourth-order valence-electron chi connectivity index (χ4n) is 2.57. The van der Waals surface area contributed by atoms with Crippen molar-refractivity contribution in [3.8, 4) is 5.75 Å². The number of carbonyl (C=O) groups is 1. The Balaban J connectivity index is 1.65. The van der Waals surface area contributed by atoms with Gasteiger partial charge in [-0.1, -0.05) is 30.3 Å². The molecule has 7 heteroatoms. The molecule has 1 heterocycles. The minimum absolute atomic E-state index is 0.118. The van der Waals surface area contributed by atoms with E-state index < -0.39 is 17.6 Å². The Morgan fingerprint density at radius 1 is 1.12 bits per heavy atom. The van der Waals surface area contributed by atoms with Crippen LogP contribution in [-0.2, 0) is 17.8 Å². The van der Waals surface area contributed by atoms with Gasteiger partial charge >= 0.3 is 11.6 Å². The van der Waals surface area contributed by atoms with E-state index in [0.29, 0.717) is 11.1 Å². The molecule has 3 rings (SSSR count). The Hall–Kier alpha value is -3.16. The van der Waals surface area contributed by atoms with Gasteiger partial charge < -0.3 is 14.6 Å². The monoisotopic (exact) mass is 354 g/mol. The molecule has 1 atom stereocenters. The zero-order valence-electron chi connectivity index (χ0n) is 13.8. The Morgan fingerprint density at radius 3 is 2.58 bits per heavy atom. The highest BCUT2D eigenvalue weighted by Crippen LogP contribution is 2.13. The van der Waals surface area contributed by atoms with Gasteiger partial charge in [0.25, 0.3) is 0 Å². The lowest BCUT2D eigenvalue weighted by atomic mass is 10.1. The zero-order chi connectivity index (χ0) is 18.5. The number of nitrogens with one attached hydrogen (secondary N) is 2. The number of aliphatic carboxylic acids is 1. The summed E-state index contributed by atoms with van der Waals surface area (Å²) in [7, 11) is 0. The topological polar surface area (TPSA) is 112 Å². The summed E-state index contributed by atoms with van der Waals surface area (Å²) in [5.74, 6) is -0.911. The number of rotatable bonds is 7. The van der Waals surface area contributed by atoms with E-state index in [0.717, 1.165) is 10.9 Å². The number of hydrogen-bond acceptors (Lipinski definition) is 6. The Kier molecular flexibility index (Phi) is 5.31. The predicted octanol–water partition coefficient (Wildman–Crippen LogP) is 1.79. The molecule has 0 aliphatic carbocycles. The van der Waals surface area contributed by atoms with Crippen LogP contribution in [0.3, 0.4) is 0 Å². The van der Waals surface area contributed by atoms with Gasteiger partial charge in [0.05, 0.1) is 5.56 Å². The average molecular weight is 354 g/mol. The van der Waals surface area contributed by atoms with E-state index in [2.05, 4.69) is 10.9 Å². The molecule has 0 spiro atoms. The van der Waals surface area contributed by atoms with Crippen molar-refractivity contribution in [1.29, 1.82) is 0 Å². The number of hydrazine groups is 1. The molecule has 3 aromatic rings. The van der Waals surface area contributed by atoms with Gasteiger partial charge in [0.1, 0.15) is 17.4 Å². The predicted molar refractivity (Wildman–Crippen MR) is 95.7 cm³/mol. The van der Waals surface area contributed by atoms with Crippen LogP contribution in [0.2, 0.25) is 0 Å². The van der Waals surface area contributed by atoms with Crippen LogP contribution in [0.4, 0.5) is 0 Å². The van der Waals surface area contributed by atoms with E-state index in [-0.39, 0.29) is 18.7 Å². The third kappa shape index (κ3) is 4.27. The Bertz CT molecular complexity index is 966. The summed E-state index contributed by atoms with van der Waals surface area (Å²) in [5.41, 5.74) is 6.68. The van der Waals surface area contributed by atoms with Crippen molar-refractivity contribution in [3.63, 3.8) is 0 Å². The number of aromatic hydroxyl groups is 1. The van der Waals surface area contributed by atoms with E-state index in [1.54, 1.807) is 30.3 Å². The quantitative estimate of drug-likeness (QED) is 0.378. The summed E-state index contributed by atoms with van der Waals surface area (Å²) in [6.07, 6.45) is 0.217. The van der Waals surface area contributed by atoms with Crippen LogP contribution in [0.25, 0.3) is 11.0 Å². The average Bonchev–Trinajstić information content (AvgIpc) is 2.62. The Labute approximate surface area is 148 Å². The first-order valence-electron chi connectivity index (χ1n) is 8.04. The summed E-state index contributed by atoms with van der Waals surface area (Å²) in [4.78, 5) is 23.4. The summed E-state index contributed by atoms with van der Waals surface area (Å²) in [6, 6.07) is 14.3. The maximum Gasteiger partial charge on any atom is 0.340 e. The maximum atomic E-state index is 12.0. The van der Waals surface area contributed by atoms with Crippen molar-refractivity contribution in [1.82, 2.24) is 10.9 Å². The van der Waals surface area contributed by atoms with E-state index in [1.807, 2.05) is 12.1 Å². The first-order chi connectivity index (χ1) is 12.5. The van der Waals surface area contributed by atoms with Gasteiger partial charge in [0.2, 0.25) is 0 Å². The number of benzene rings is 2. The van der Waals surface area contributed by atoms with Crippen LogP contribution in [0.1, 0.15) is 11.1 Å². The molecule has 0 saturated heterocycles. The van der Waals surface area contributed by atoms with Crippen molar-refractivity contribution in [2.45, 2.75) is 19.0 Å². The second kappa shape index (κ2) is 7.81. The molecular weight excluding hydrogens is 336 g/mol. The van der Waals surface area contributed by atoms with Crippen LogP contribution in [0.5, 0.6) is 5.75 Å². The molecule has 0 amide bonds. The van der Waals surface area contributed by atoms with Gasteiger partial charge in [0.15, 0.2) is 0 Å². The summed E-state index contributed by atoms with van der Waals surface area (Å²) >= 11 is 0. The van der Waals surface area contributed by atoms with Crippen molar-refractivity contribution >= 4 is 16.9 Å². The van der Waals surface area contributed by atoms with Gasteiger partial charge in [-0.25, -0.2) is 10.2 Å². The minimum atomic E-state index is -1.03. The van der Waals surface area contributed by atoms with E-state index >= 15 is 0 Å². The summed E-state index contributed by atoms with van der Waals surface area (Å²) in [5, 5.41) is 19.4. The molecule has 7 nitrogen and oxygen atoms in total. The van der Waals surface area contributed by atoms with Crippen LogP contribution in [0, 0.1) is 0 Å². The maximum absolute atomic E-state index is 12.0. The lowest BCUT2D eigenvalue weighted by molar-refractivity contribution is -0.139. The molecule has 0 bridgehead atoms. The van der Waals surface area contributed by atoms with Crippen molar-refractivity contribution in [2.24, 2.45) is 0 Å². The molecule has 0 aliphatic rings. The zero-order valence-corrected chi connectivity index (χ0v) is 13.8. The molecular formula is C19H18N2O5. The second-order valence-corrected chi connectivity index (χ2v) is 5.86. The lowest BCUT2D eigenvalue weighted by Gasteiger charge is -2.15. The standard InChI is InChI=1S/C19H18N2O5/c22-15-7-5-12(6-8-15)9-16(18(23)24)21-20-11-14-10-13-3-1-2-4-17(13)26-19(14)25/h1-8,10,16,20-22H,9,11H2,(H,23,24)/t16-/m0/s1. The second-order valence-electron chi connectivity index (χ2n) is 5.86. The Morgan fingerprint density at radius 2 is 1.85 bits per heavy atom. The molecule has 134 valence electrons. The molecule has 0 unspecified atom stereocenters. The van der Waals surface area contributed by atoms with Crippen molar-refractivity contribution in [3.05, 3.63) is 76.1 Å². The first-order valence-corrected chi connectivity index (χ1v) is 8.04. The lowest BCUT2D eigenvalue weighted by Crippen LogP contribution is -2.46. The highest BCUT2D eigenvalue weighted by molar-refractivity contribution is 5.76. The fourth-order valence-corrected chi connectivity index (χ4v) is 2.57. The molecule has 0 fully saturated rings. The van der Waals surface area contributed by atoms with Gasteiger partial charge in [-0.15, -0.1) is 0 Å². The number of carboxylic acid groups (broad SMARTS) is 1. The molecule has 1 aromatic heterocycles. The van der Waals surface area contributed by atoms with E-state index in [1.165, 1.54) is 12.1 Å². The number of phenolic OH excluding ortho intramolecular Hbond substituents is 1. The number of para-hydroxylation sites is 1. The molecule has 26 heavy (non-hydrogen) atoms. The number of phenols is 1. The number of hydrogen-bond donors (Lipinski definition) is 4. The van der Waals surface area contributed by atoms with E-state index in [9.17, 15) is 19.8 Å². The third-order valence-electron chi connectivity index (χ3n) is 3.94. The largest absolute Gasteiger partial charge is 0.508 e. The van der Waals surface area contributed by atoms with Crippen LogP contribution in [0.15, 0.2) is 63.8 Å². The molecule has 0 aliphatic heterocycles. The first kappa shape index (κ1) is 17.7. The van der Waals surface area contributed by atoms with Gasteiger partial charge in [0, 0.05) is 11.9 Å². The number of fused-ring (bicyclic) bond motifs is 1. The SMILES string of the molecule is O=C(O)[C@H](Cc1ccc(O)cc1)NNCc1cc2ccccc2oc1=O. The van der Waals surface area contributed by atoms with Crippen LogP contribution < -0.4 is 16.5 Å². The summed E-state index contributed by atoms with van der Waals surface area (Å²) < 4.78 is 5.24. The fraction of sp³-hybridized carbons (Fsp3) is 0.158. The minimum Gasteiger partial charge on any atom is -0.508 e. The van der Waals surface area contributed by atoms with Crippen molar-refractivity contribution in [2.75, 3.05) is 0 Å². The van der Waals surface area contributed by atoms with E-state index in [4.69, 9.17) is 4.42 Å². The van der Waals surface area contributed by atoms with Gasteiger partial charge in [-0.2, -0.15) is 0 Å². The van der Waals surface area contributed by atoms with Crippen LogP contribution in [-0.4, -0.2) is 22.2 Å². The highest BCUT2D eigenvalue weighted by atomic mass is 16.4. The summed E-state index contributed by atoms with van der Waals surface area (Å²) in [6.45, 7) is 0.118. The smallest absolute Gasteiger partial charge is 0.340 e. The molecule has 0 saturated carbocycles. The number of carboxylic acids is 1. The molecule has 4 N–H and O–H groups in total. The normalized spacial score (nSPS) is 12.2. The molecule has 0 radical (unpaired) electrons. The van der Waals surface area contributed by atoms with Crippen LogP contribution >= 0.6 is 0 Å². The third-order valence-corrected chi connectivity index (χ3v) is 3.94. The molecule has 2 aromatic carbocycles.